The fourth-order valence-corrected chi connectivity index (χ4v) is 3.76. The molecule has 1 unspecified atom stereocenters. The van der Waals surface area contributed by atoms with Crippen LogP contribution >= 0.6 is 34.0 Å². The lowest BCUT2D eigenvalue weighted by Gasteiger charge is -2.08. The van der Waals surface area contributed by atoms with E-state index in [0.29, 0.717) is 17.7 Å². The van der Waals surface area contributed by atoms with Crippen LogP contribution in [-0.2, 0) is 4.74 Å². The molecule has 3 aromatic heterocycles. The van der Waals surface area contributed by atoms with Crippen molar-refractivity contribution in [2.75, 3.05) is 6.61 Å². The van der Waals surface area contributed by atoms with Crippen LogP contribution in [0.1, 0.15) is 53.3 Å². The fraction of sp³-hybridized carbons (Fsp3) is 0.300. The van der Waals surface area contributed by atoms with Crippen LogP contribution in [0, 0.1) is 0 Å². The van der Waals surface area contributed by atoms with Crippen molar-refractivity contribution in [3.8, 4) is 0 Å². The highest BCUT2D eigenvalue weighted by Crippen LogP contribution is 2.16. The number of amides is 2. The van der Waals surface area contributed by atoms with Gasteiger partial charge in [0.2, 0.25) is 0 Å². The summed E-state index contributed by atoms with van der Waals surface area (Å²) in [5.41, 5.74) is 9.63. The first kappa shape index (κ1) is 26.9. The van der Waals surface area contributed by atoms with E-state index in [2.05, 4.69) is 10.9 Å². The monoisotopic (exact) mass is 484 g/mol. The summed E-state index contributed by atoms with van der Waals surface area (Å²) in [5.74, 6) is 4.55. The summed E-state index contributed by atoms with van der Waals surface area (Å²) < 4.78 is 4.95. The lowest BCUT2D eigenvalue weighted by atomic mass is 10.3. The maximum atomic E-state index is 11.2. The third-order valence-corrected chi connectivity index (χ3v) is 5.39. The summed E-state index contributed by atoms with van der Waals surface area (Å²) in [5, 5.41) is 20.2. The number of aliphatic hydroxyl groups excluding tert-OH is 1. The molecule has 0 radical (unpaired) electrons. The molecule has 0 aliphatic rings. The van der Waals surface area contributed by atoms with Gasteiger partial charge in [-0.15, -0.1) is 0 Å². The Kier molecular flexibility index (Phi) is 13.6. The van der Waals surface area contributed by atoms with Gasteiger partial charge < -0.3 is 9.84 Å². The Morgan fingerprint density at radius 3 is 1.97 bits per heavy atom. The second kappa shape index (κ2) is 15.6. The van der Waals surface area contributed by atoms with E-state index >= 15 is 0 Å². The van der Waals surface area contributed by atoms with E-state index in [1.807, 2.05) is 59.2 Å². The third-order valence-electron chi connectivity index (χ3n) is 3.33. The highest BCUT2D eigenvalue weighted by atomic mass is 32.1. The van der Waals surface area contributed by atoms with Crippen LogP contribution in [0.3, 0.4) is 0 Å². The molecule has 0 aromatic carbocycles. The molecule has 0 bridgehead atoms. The number of nitrogen functional groups attached to an aromatic ring is 1. The van der Waals surface area contributed by atoms with Crippen molar-refractivity contribution >= 4 is 45.8 Å². The topological polar surface area (TPSA) is 126 Å². The van der Waals surface area contributed by atoms with E-state index in [0.717, 1.165) is 5.56 Å². The molecule has 0 fully saturated rings. The van der Waals surface area contributed by atoms with E-state index < -0.39 is 6.29 Å². The van der Waals surface area contributed by atoms with E-state index in [1.165, 1.54) is 22.7 Å². The summed E-state index contributed by atoms with van der Waals surface area (Å²) in [6.45, 7) is 6.33. The Balaban J connectivity index is 0.000000235. The van der Waals surface area contributed by atoms with Gasteiger partial charge in [0.25, 0.3) is 11.8 Å². The first-order valence-corrected chi connectivity index (χ1v) is 12.1. The molecule has 0 saturated carbocycles. The van der Waals surface area contributed by atoms with Gasteiger partial charge in [0.1, 0.15) is 0 Å². The highest BCUT2D eigenvalue weighted by Gasteiger charge is 2.05. The number of ether oxygens (including phenoxy) is 1. The third kappa shape index (κ3) is 11.2. The van der Waals surface area contributed by atoms with E-state index in [-0.39, 0.29) is 17.9 Å². The SMILES string of the molecule is CC(C)NNC(=O)c1ccsc1.CCOC(O)c1ccsc1.NNC(=O)c1ccsc1. The summed E-state index contributed by atoms with van der Waals surface area (Å²) >= 11 is 4.53. The minimum absolute atomic E-state index is 0.0787. The summed E-state index contributed by atoms with van der Waals surface area (Å²) in [7, 11) is 0. The minimum Gasteiger partial charge on any atom is -0.364 e. The predicted octanol–water partition coefficient (Wildman–Crippen LogP) is 3.52. The van der Waals surface area contributed by atoms with Crippen LogP contribution in [-0.4, -0.2) is 29.6 Å². The number of hydrogen-bond donors (Lipinski definition) is 5. The van der Waals surface area contributed by atoms with Crippen molar-refractivity contribution in [1.82, 2.24) is 16.3 Å². The standard InChI is InChI=1S/C8H12N2OS.C7H10O2S.C5H6N2OS/c1-6(2)9-10-8(11)7-3-4-12-5-7;1-2-9-7(8)6-3-4-10-5-6;6-7-5(8)4-1-2-9-3-4/h3-6,9H,1-2H3,(H,10,11);3-5,7-8H,2H2,1H3;1-3H,6H2,(H,7,8). The number of aliphatic hydroxyl groups is 1. The molecule has 8 nitrogen and oxygen atoms in total. The largest absolute Gasteiger partial charge is 0.364 e. The van der Waals surface area contributed by atoms with Crippen molar-refractivity contribution in [1.29, 1.82) is 0 Å². The highest BCUT2D eigenvalue weighted by molar-refractivity contribution is 7.08. The van der Waals surface area contributed by atoms with Crippen molar-refractivity contribution in [3.63, 3.8) is 0 Å². The molecule has 11 heteroatoms. The smallest absolute Gasteiger partial charge is 0.266 e. The summed E-state index contributed by atoms with van der Waals surface area (Å²) in [6.07, 6.45) is -0.740. The van der Waals surface area contributed by atoms with Crippen molar-refractivity contribution in [2.45, 2.75) is 33.1 Å². The number of hydrazine groups is 2. The molecule has 0 saturated heterocycles. The van der Waals surface area contributed by atoms with Gasteiger partial charge in [0.05, 0.1) is 11.1 Å². The van der Waals surface area contributed by atoms with Gasteiger partial charge in [0, 0.05) is 29.0 Å². The van der Waals surface area contributed by atoms with Crippen LogP contribution in [0.15, 0.2) is 50.5 Å². The Bertz CT molecular complexity index is 838. The van der Waals surface area contributed by atoms with Crippen LogP contribution < -0.4 is 22.1 Å². The van der Waals surface area contributed by atoms with Gasteiger partial charge >= 0.3 is 0 Å². The second-order valence-corrected chi connectivity index (χ2v) is 8.46. The maximum absolute atomic E-state index is 11.2. The number of hydrogen-bond acceptors (Lipinski definition) is 9. The Hall–Kier alpha value is -2.12. The van der Waals surface area contributed by atoms with Crippen LogP contribution in [0.25, 0.3) is 0 Å². The zero-order chi connectivity index (χ0) is 23.1. The van der Waals surface area contributed by atoms with Crippen LogP contribution in [0.2, 0.25) is 0 Å². The predicted molar refractivity (Wildman–Crippen MR) is 127 cm³/mol. The lowest BCUT2D eigenvalue weighted by molar-refractivity contribution is -0.0977. The molecular formula is C20H28N4O4S3. The number of rotatable bonds is 7. The molecule has 3 rings (SSSR count). The number of carbonyl (C=O) groups excluding carboxylic acids is 2. The number of nitrogens with two attached hydrogens (primary N) is 1. The van der Waals surface area contributed by atoms with Crippen LogP contribution in [0.4, 0.5) is 0 Å². The van der Waals surface area contributed by atoms with Gasteiger partial charge in [-0.05, 0) is 60.5 Å². The van der Waals surface area contributed by atoms with Gasteiger partial charge in [-0.1, -0.05) is 0 Å². The van der Waals surface area contributed by atoms with E-state index in [9.17, 15) is 14.7 Å². The van der Waals surface area contributed by atoms with E-state index in [1.54, 1.807) is 28.8 Å². The molecule has 0 aliphatic carbocycles. The molecule has 31 heavy (non-hydrogen) atoms. The quantitative estimate of drug-likeness (QED) is 0.151. The molecule has 0 aliphatic heterocycles. The minimum atomic E-state index is -0.740. The first-order valence-electron chi connectivity index (χ1n) is 9.31. The van der Waals surface area contributed by atoms with Gasteiger partial charge in [-0.3, -0.25) is 20.4 Å². The Morgan fingerprint density at radius 2 is 1.55 bits per heavy atom. The Labute approximate surface area is 194 Å². The summed E-state index contributed by atoms with van der Waals surface area (Å²) in [6, 6.07) is 5.62. The van der Waals surface area contributed by atoms with Crippen molar-refractivity contribution in [2.24, 2.45) is 5.84 Å². The molecule has 0 spiro atoms. The molecule has 1 atom stereocenters. The number of nitrogens with one attached hydrogen (secondary N) is 3. The number of carbonyl (C=O) groups is 2. The fourth-order valence-electron chi connectivity index (χ4n) is 1.82. The molecule has 6 N–H and O–H groups in total. The normalized spacial score (nSPS) is 10.9. The second-order valence-electron chi connectivity index (χ2n) is 6.12. The molecule has 2 amide bonds. The molecular weight excluding hydrogens is 456 g/mol. The van der Waals surface area contributed by atoms with Gasteiger partial charge in [-0.25, -0.2) is 11.3 Å². The lowest BCUT2D eigenvalue weighted by Crippen LogP contribution is -2.41. The zero-order valence-electron chi connectivity index (χ0n) is 17.5. The zero-order valence-corrected chi connectivity index (χ0v) is 20.0. The average Bonchev–Trinajstić information content (AvgIpc) is 3.54. The van der Waals surface area contributed by atoms with E-state index in [4.69, 9.17) is 10.6 Å². The van der Waals surface area contributed by atoms with Crippen molar-refractivity contribution in [3.05, 3.63) is 67.2 Å². The van der Waals surface area contributed by atoms with Crippen LogP contribution in [0.5, 0.6) is 0 Å². The molecule has 170 valence electrons. The summed E-state index contributed by atoms with van der Waals surface area (Å²) in [4.78, 5) is 21.9. The maximum Gasteiger partial charge on any atom is 0.266 e. The average molecular weight is 485 g/mol. The molecule has 3 aromatic rings. The molecule has 3 heterocycles. The van der Waals surface area contributed by atoms with Gasteiger partial charge in [-0.2, -0.15) is 34.0 Å². The Morgan fingerprint density at radius 1 is 1.00 bits per heavy atom. The van der Waals surface area contributed by atoms with Gasteiger partial charge in [0.15, 0.2) is 6.29 Å². The first-order chi connectivity index (χ1) is 14.9. The number of thiophene rings is 3. The van der Waals surface area contributed by atoms with Crippen molar-refractivity contribution < 1.29 is 19.4 Å².